The third-order valence-electron chi connectivity index (χ3n) is 4.48. The molecule has 4 rings (SSSR count). The quantitative estimate of drug-likeness (QED) is 0.608. The molecule has 0 spiro atoms. The Balaban J connectivity index is 1.67. The lowest BCUT2D eigenvalue weighted by atomic mass is 10.1. The van der Waals surface area contributed by atoms with Gasteiger partial charge in [0.25, 0.3) is 5.91 Å². The van der Waals surface area contributed by atoms with Crippen LogP contribution in [0.4, 0.5) is 5.69 Å². The molecular weight excluding hydrogens is 338 g/mol. The van der Waals surface area contributed by atoms with Crippen LogP contribution in [0.5, 0.6) is 0 Å². The monoisotopic (exact) mass is 355 g/mol. The number of rotatable bonds is 4. The number of anilines is 1. The Bertz CT molecular complexity index is 1160. The number of aryl methyl sites for hydroxylation is 1. The summed E-state index contributed by atoms with van der Waals surface area (Å²) in [4.78, 5) is 16.4. The molecule has 1 N–H and O–H groups in total. The highest BCUT2D eigenvalue weighted by atomic mass is 16.2. The lowest BCUT2D eigenvalue weighted by Crippen LogP contribution is -2.16. The van der Waals surface area contributed by atoms with Crippen LogP contribution >= 0.6 is 0 Å². The van der Waals surface area contributed by atoms with Gasteiger partial charge in [-0.2, -0.15) is 5.26 Å². The van der Waals surface area contributed by atoms with Crippen LogP contribution in [0.25, 0.3) is 10.9 Å². The number of nitrogens with one attached hydrogen (secondary N) is 1. The van der Waals surface area contributed by atoms with Gasteiger partial charge in [-0.15, -0.1) is 0 Å². The molecule has 4 aromatic rings. The van der Waals surface area contributed by atoms with Crippen molar-refractivity contribution in [2.45, 2.75) is 6.54 Å². The summed E-state index contributed by atoms with van der Waals surface area (Å²) in [6, 6.07) is 17.9. The number of benzene rings is 2. The fourth-order valence-corrected chi connectivity index (χ4v) is 3.15. The molecule has 0 bridgehead atoms. The molecule has 0 saturated carbocycles. The minimum Gasteiger partial charge on any atom is -0.342 e. The van der Waals surface area contributed by atoms with Gasteiger partial charge in [-0.1, -0.05) is 30.3 Å². The van der Waals surface area contributed by atoms with E-state index in [4.69, 9.17) is 0 Å². The predicted octanol–water partition coefficient (Wildman–Crippen LogP) is 3.55. The van der Waals surface area contributed by atoms with Gasteiger partial charge in [0.2, 0.25) is 0 Å². The number of carbonyl (C=O) groups is 1. The summed E-state index contributed by atoms with van der Waals surface area (Å²) in [6.07, 6.45) is 5.15. The number of imidazole rings is 1. The number of fused-ring (bicyclic) bond motifs is 1. The third kappa shape index (κ3) is 3.18. The maximum absolute atomic E-state index is 12.4. The number of aromatic nitrogens is 3. The van der Waals surface area contributed by atoms with E-state index in [-0.39, 0.29) is 5.91 Å². The SMILES string of the molecule is Cn1ccnc1C(=O)Nc1ccc2c(c1)c(C#N)cn2Cc1ccccc1. The van der Waals surface area contributed by atoms with E-state index in [0.29, 0.717) is 23.6 Å². The van der Waals surface area contributed by atoms with Gasteiger partial charge >= 0.3 is 0 Å². The van der Waals surface area contributed by atoms with E-state index in [1.54, 1.807) is 24.0 Å². The Kier molecular flexibility index (Phi) is 4.19. The molecule has 6 heteroatoms. The number of nitriles is 1. The molecule has 0 saturated heterocycles. The molecule has 1 amide bonds. The van der Waals surface area contributed by atoms with Crippen LogP contribution in [-0.2, 0) is 13.6 Å². The summed E-state index contributed by atoms with van der Waals surface area (Å²) in [5.74, 6) is 0.0429. The molecule has 132 valence electrons. The van der Waals surface area contributed by atoms with E-state index >= 15 is 0 Å². The summed E-state index contributed by atoms with van der Waals surface area (Å²) in [6.45, 7) is 0.679. The molecule has 2 heterocycles. The van der Waals surface area contributed by atoms with Crippen molar-refractivity contribution >= 4 is 22.5 Å². The zero-order valence-electron chi connectivity index (χ0n) is 14.8. The second kappa shape index (κ2) is 6.81. The van der Waals surface area contributed by atoms with Crippen LogP contribution in [-0.4, -0.2) is 20.0 Å². The van der Waals surface area contributed by atoms with Gasteiger partial charge in [0.15, 0.2) is 5.82 Å². The first-order chi connectivity index (χ1) is 13.2. The second-order valence-electron chi connectivity index (χ2n) is 6.32. The summed E-state index contributed by atoms with van der Waals surface area (Å²) in [5, 5.41) is 13.2. The first-order valence-corrected chi connectivity index (χ1v) is 8.51. The first-order valence-electron chi connectivity index (χ1n) is 8.51. The van der Waals surface area contributed by atoms with Crippen LogP contribution in [0.3, 0.4) is 0 Å². The lowest BCUT2D eigenvalue weighted by Gasteiger charge is -2.08. The number of nitrogens with zero attached hydrogens (tertiary/aromatic N) is 4. The fraction of sp³-hybridized carbons (Fsp3) is 0.0952. The molecule has 2 aromatic heterocycles. The van der Waals surface area contributed by atoms with Crippen molar-refractivity contribution in [2.75, 3.05) is 5.32 Å². The lowest BCUT2D eigenvalue weighted by molar-refractivity contribution is 0.101. The number of amides is 1. The zero-order valence-corrected chi connectivity index (χ0v) is 14.8. The Labute approximate surface area is 156 Å². The van der Waals surface area contributed by atoms with Crippen molar-refractivity contribution in [1.82, 2.24) is 14.1 Å². The predicted molar refractivity (Wildman–Crippen MR) is 103 cm³/mol. The molecule has 0 aliphatic rings. The molecule has 0 radical (unpaired) electrons. The van der Waals surface area contributed by atoms with Gasteiger partial charge in [-0.25, -0.2) is 4.98 Å². The molecule has 6 nitrogen and oxygen atoms in total. The molecule has 0 atom stereocenters. The highest BCUT2D eigenvalue weighted by Gasteiger charge is 2.13. The Morgan fingerprint density at radius 1 is 1.22 bits per heavy atom. The fourth-order valence-electron chi connectivity index (χ4n) is 3.15. The van der Waals surface area contributed by atoms with Crippen LogP contribution in [0.1, 0.15) is 21.7 Å². The number of hydrogen-bond acceptors (Lipinski definition) is 3. The first kappa shape index (κ1) is 16.6. The van der Waals surface area contributed by atoms with Crippen molar-refractivity contribution in [3.63, 3.8) is 0 Å². The molecule has 0 unspecified atom stereocenters. The largest absolute Gasteiger partial charge is 0.342 e. The van der Waals surface area contributed by atoms with Crippen LogP contribution in [0.15, 0.2) is 67.1 Å². The number of hydrogen-bond donors (Lipinski definition) is 1. The molecule has 27 heavy (non-hydrogen) atoms. The van der Waals surface area contributed by atoms with E-state index in [2.05, 4.69) is 28.5 Å². The van der Waals surface area contributed by atoms with Crippen LogP contribution in [0, 0.1) is 11.3 Å². The van der Waals surface area contributed by atoms with Crippen molar-refractivity contribution < 1.29 is 4.79 Å². The Morgan fingerprint density at radius 2 is 2.04 bits per heavy atom. The molecular formula is C21H17N5O. The highest BCUT2D eigenvalue weighted by Crippen LogP contribution is 2.25. The average Bonchev–Trinajstić information content (AvgIpc) is 3.26. The minimum atomic E-state index is -0.288. The van der Waals surface area contributed by atoms with Gasteiger partial charge in [-0.3, -0.25) is 4.79 Å². The summed E-state index contributed by atoms with van der Waals surface area (Å²) < 4.78 is 3.71. The maximum atomic E-state index is 12.4. The van der Waals surface area contributed by atoms with Crippen LogP contribution < -0.4 is 5.32 Å². The summed E-state index contributed by atoms with van der Waals surface area (Å²) in [7, 11) is 1.77. The van der Waals surface area contributed by atoms with E-state index < -0.39 is 0 Å². The standard InChI is InChI=1S/C21H17N5O/c1-25-10-9-23-20(25)21(27)24-17-7-8-19-18(11-17)16(12-22)14-26(19)13-15-5-3-2-4-6-15/h2-11,14H,13H2,1H3,(H,24,27). The summed E-state index contributed by atoms with van der Waals surface area (Å²) in [5.41, 5.74) is 3.31. The van der Waals surface area contributed by atoms with Gasteiger partial charge < -0.3 is 14.5 Å². The van der Waals surface area contributed by atoms with Gasteiger partial charge in [0, 0.05) is 48.8 Å². The van der Waals surface area contributed by atoms with Gasteiger partial charge in [-0.05, 0) is 23.8 Å². The molecule has 2 aromatic carbocycles. The number of carbonyl (C=O) groups excluding carboxylic acids is 1. The normalized spacial score (nSPS) is 10.7. The van der Waals surface area contributed by atoms with Crippen molar-refractivity contribution in [1.29, 1.82) is 5.26 Å². The smallest absolute Gasteiger partial charge is 0.291 e. The van der Waals surface area contributed by atoms with E-state index in [0.717, 1.165) is 16.5 Å². The maximum Gasteiger partial charge on any atom is 0.291 e. The topological polar surface area (TPSA) is 75.6 Å². The highest BCUT2D eigenvalue weighted by molar-refractivity contribution is 6.03. The van der Waals surface area contributed by atoms with Crippen LogP contribution in [0.2, 0.25) is 0 Å². The zero-order chi connectivity index (χ0) is 18.8. The van der Waals surface area contributed by atoms with E-state index in [1.165, 1.54) is 0 Å². The average molecular weight is 355 g/mol. The van der Waals surface area contributed by atoms with E-state index in [1.807, 2.05) is 47.2 Å². The van der Waals surface area contributed by atoms with Gasteiger partial charge in [0.05, 0.1) is 5.56 Å². The van der Waals surface area contributed by atoms with Crippen molar-refractivity contribution in [3.05, 3.63) is 84.1 Å². The Morgan fingerprint density at radius 3 is 2.74 bits per heavy atom. The Hall–Kier alpha value is -3.85. The minimum absolute atomic E-state index is 0.288. The van der Waals surface area contributed by atoms with E-state index in [9.17, 15) is 10.1 Å². The second-order valence-corrected chi connectivity index (χ2v) is 6.32. The van der Waals surface area contributed by atoms with Gasteiger partial charge in [0.1, 0.15) is 6.07 Å². The third-order valence-corrected chi connectivity index (χ3v) is 4.48. The van der Waals surface area contributed by atoms with Crippen molar-refractivity contribution in [3.8, 4) is 6.07 Å². The molecule has 0 aliphatic heterocycles. The summed E-state index contributed by atoms with van der Waals surface area (Å²) >= 11 is 0. The molecule has 0 fully saturated rings. The van der Waals surface area contributed by atoms with Crippen molar-refractivity contribution in [2.24, 2.45) is 7.05 Å². The molecule has 0 aliphatic carbocycles.